The van der Waals surface area contributed by atoms with E-state index < -0.39 is 16.0 Å². The second-order valence-corrected chi connectivity index (χ2v) is 5.30. The van der Waals surface area contributed by atoms with E-state index in [2.05, 4.69) is 14.6 Å². The van der Waals surface area contributed by atoms with Crippen LogP contribution in [0.15, 0.2) is 11.1 Å². The standard InChI is InChI=1S/C10H17N3O4S/c1-4-13-7-9(8(3)12-13)18(15,16)11-6-10(14)17-5-2/h7,11H,4-6H2,1-3H3. The van der Waals surface area contributed by atoms with Gasteiger partial charge in [-0.2, -0.15) is 9.82 Å². The van der Waals surface area contributed by atoms with E-state index in [0.717, 1.165) is 0 Å². The van der Waals surface area contributed by atoms with E-state index in [1.165, 1.54) is 10.9 Å². The fourth-order valence-corrected chi connectivity index (χ4v) is 2.52. The smallest absolute Gasteiger partial charge is 0.321 e. The molecular formula is C10H17N3O4S. The number of hydrogen-bond donors (Lipinski definition) is 1. The van der Waals surface area contributed by atoms with E-state index in [1.807, 2.05) is 6.92 Å². The number of sulfonamides is 1. The summed E-state index contributed by atoms with van der Waals surface area (Å²) in [6, 6.07) is 0. The molecule has 0 aliphatic rings. The third-order valence-electron chi connectivity index (χ3n) is 2.23. The van der Waals surface area contributed by atoms with Gasteiger partial charge in [0.15, 0.2) is 0 Å². The van der Waals surface area contributed by atoms with Gasteiger partial charge in [-0.3, -0.25) is 9.48 Å². The summed E-state index contributed by atoms with van der Waals surface area (Å²) in [4.78, 5) is 11.2. The summed E-state index contributed by atoms with van der Waals surface area (Å²) >= 11 is 0. The van der Waals surface area contributed by atoms with Gasteiger partial charge >= 0.3 is 5.97 Å². The molecule has 1 heterocycles. The summed E-state index contributed by atoms with van der Waals surface area (Å²) in [5.74, 6) is -0.610. The predicted molar refractivity (Wildman–Crippen MR) is 64.5 cm³/mol. The molecule has 18 heavy (non-hydrogen) atoms. The normalized spacial score (nSPS) is 11.5. The van der Waals surface area contributed by atoms with Crippen LogP contribution in [0.5, 0.6) is 0 Å². The molecule has 0 spiro atoms. The van der Waals surface area contributed by atoms with Crippen molar-refractivity contribution in [2.75, 3.05) is 13.2 Å². The van der Waals surface area contributed by atoms with Crippen molar-refractivity contribution >= 4 is 16.0 Å². The lowest BCUT2D eigenvalue weighted by Crippen LogP contribution is -2.30. The van der Waals surface area contributed by atoms with Gasteiger partial charge in [0.2, 0.25) is 10.0 Å². The first-order valence-electron chi connectivity index (χ1n) is 5.60. The summed E-state index contributed by atoms with van der Waals surface area (Å²) < 4.78 is 32.2. The molecule has 7 nitrogen and oxygen atoms in total. The van der Waals surface area contributed by atoms with Gasteiger partial charge in [-0.1, -0.05) is 0 Å². The number of hydrogen-bond acceptors (Lipinski definition) is 5. The van der Waals surface area contributed by atoms with Gasteiger partial charge in [0, 0.05) is 12.7 Å². The summed E-state index contributed by atoms with van der Waals surface area (Å²) in [5, 5.41) is 4.04. The molecular weight excluding hydrogens is 258 g/mol. The Balaban J connectivity index is 2.80. The summed E-state index contributed by atoms with van der Waals surface area (Å²) in [5.41, 5.74) is 0.396. The Morgan fingerprint density at radius 1 is 1.50 bits per heavy atom. The Labute approximate surface area is 106 Å². The molecule has 0 radical (unpaired) electrons. The van der Waals surface area contributed by atoms with Crippen LogP contribution in [0.2, 0.25) is 0 Å². The minimum absolute atomic E-state index is 0.0775. The van der Waals surface area contributed by atoms with E-state index in [-0.39, 0.29) is 18.0 Å². The predicted octanol–water partition coefficient (Wildman–Crippen LogP) is 0.0528. The van der Waals surface area contributed by atoms with E-state index in [4.69, 9.17) is 0 Å². The third-order valence-corrected chi connectivity index (χ3v) is 3.73. The molecule has 0 saturated carbocycles. The van der Waals surface area contributed by atoms with Crippen LogP contribution in [-0.4, -0.2) is 37.3 Å². The molecule has 1 aromatic heterocycles. The van der Waals surface area contributed by atoms with Gasteiger partial charge in [-0.25, -0.2) is 8.42 Å². The SMILES string of the molecule is CCOC(=O)CNS(=O)(=O)c1cn(CC)nc1C. The van der Waals surface area contributed by atoms with E-state index in [0.29, 0.717) is 12.2 Å². The average molecular weight is 275 g/mol. The van der Waals surface area contributed by atoms with Crippen LogP contribution in [0.4, 0.5) is 0 Å². The Hall–Kier alpha value is -1.41. The highest BCUT2D eigenvalue weighted by Crippen LogP contribution is 2.12. The van der Waals surface area contributed by atoms with Gasteiger partial charge in [0.1, 0.15) is 11.4 Å². The molecule has 1 N–H and O–H groups in total. The summed E-state index contributed by atoms with van der Waals surface area (Å²) in [7, 11) is -3.73. The summed E-state index contributed by atoms with van der Waals surface area (Å²) in [6.07, 6.45) is 1.43. The molecule has 0 aliphatic carbocycles. The molecule has 1 rings (SSSR count). The van der Waals surface area contributed by atoms with Crippen LogP contribution < -0.4 is 4.72 Å². The Bertz CT molecular complexity index is 521. The van der Waals surface area contributed by atoms with Crippen molar-refractivity contribution in [1.29, 1.82) is 0 Å². The number of aromatic nitrogens is 2. The topological polar surface area (TPSA) is 90.3 Å². The third kappa shape index (κ3) is 3.54. The van der Waals surface area contributed by atoms with Crippen molar-refractivity contribution in [1.82, 2.24) is 14.5 Å². The quantitative estimate of drug-likeness (QED) is 0.741. The largest absolute Gasteiger partial charge is 0.465 e. The second-order valence-electron chi connectivity index (χ2n) is 3.56. The zero-order chi connectivity index (χ0) is 13.8. The Morgan fingerprint density at radius 2 is 2.17 bits per heavy atom. The molecule has 0 aliphatic heterocycles. The van der Waals surface area contributed by atoms with Crippen molar-refractivity contribution in [3.8, 4) is 0 Å². The van der Waals surface area contributed by atoms with Gasteiger partial charge in [-0.15, -0.1) is 0 Å². The van der Waals surface area contributed by atoms with Crippen LogP contribution in [0, 0.1) is 6.92 Å². The van der Waals surface area contributed by atoms with Crippen LogP contribution in [0.1, 0.15) is 19.5 Å². The first-order chi connectivity index (χ1) is 8.40. The van der Waals surface area contributed by atoms with Crippen molar-refractivity contribution in [3.63, 3.8) is 0 Å². The Morgan fingerprint density at radius 3 is 2.67 bits per heavy atom. The number of rotatable bonds is 6. The summed E-state index contributed by atoms with van der Waals surface area (Å²) in [6.45, 7) is 5.52. The molecule has 0 fully saturated rings. The lowest BCUT2D eigenvalue weighted by Gasteiger charge is -2.04. The van der Waals surface area contributed by atoms with Gasteiger partial charge in [0.05, 0.1) is 12.3 Å². The number of carbonyl (C=O) groups excluding carboxylic acids is 1. The molecule has 0 bridgehead atoms. The van der Waals surface area contributed by atoms with Crippen molar-refractivity contribution in [2.45, 2.75) is 32.2 Å². The fourth-order valence-electron chi connectivity index (χ4n) is 1.37. The average Bonchev–Trinajstić information content (AvgIpc) is 2.69. The first-order valence-corrected chi connectivity index (χ1v) is 7.08. The molecule has 1 aromatic rings. The molecule has 0 amide bonds. The highest BCUT2D eigenvalue weighted by molar-refractivity contribution is 7.89. The lowest BCUT2D eigenvalue weighted by molar-refractivity contribution is -0.141. The van der Waals surface area contributed by atoms with Gasteiger partial charge < -0.3 is 4.74 Å². The number of nitrogens with zero attached hydrogens (tertiary/aromatic N) is 2. The van der Waals surface area contributed by atoms with Crippen molar-refractivity contribution in [2.24, 2.45) is 0 Å². The zero-order valence-corrected chi connectivity index (χ0v) is 11.5. The van der Waals surface area contributed by atoms with Crippen molar-refractivity contribution < 1.29 is 17.9 Å². The number of ether oxygens (including phenoxy) is 1. The number of nitrogens with one attached hydrogen (secondary N) is 1. The van der Waals surface area contributed by atoms with Crippen LogP contribution in [0.25, 0.3) is 0 Å². The zero-order valence-electron chi connectivity index (χ0n) is 10.6. The minimum Gasteiger partial charge on any atom is -0.465 e. The second kappa shape index (κ2) is 5.96. The maximum atomic E-state index is 11.9. The molecule has 0 saturated heterocycles. The maximum absolute atomic E-state index is 11.9. The first kappa shape index (κ1) is 14.7. The van der Waals surface area contributed by atoms with Crippen LogP contribution in [-0.2, 0) is 26.1 Å². The molecule has 0 aromatic carbocycles. The van der Waals surface area contributed by atoms with Gasteiger partial charge in [0.25, 0.3) is 0 Å². The monoisotopic (exact) mass is 275 g/mol. The van der Waals surface area contributed by atoms with Gasteiger partial charge in [-0.05, 0) is 20.8 Å². The van der Waals surface area contributed by atoms with Crippen LogP contribution >= 0.6 is 0 Å². The Kier molecular flexibility index (Phi) is 4.85. The lowest BCUT2D eigenvalue weighted by atomic mass is 10.5. The molecule has 0 atom stereocenters. The fraction of sp³-hybridized carbons (Fsp3) is 0.600. The number of carbonyl (C=O) groups is 1. The minimum atomic E-state index is -3.73. The maximum Gasteiger partial charge on any atom is 0.321 e. The highest BCUT2D eigenvalue weighted by Gasteiger charge is 2.21. The van der Waals surface area contributed by atoms with Crippen molar-refractivity contribution in [3.05, 3.63) is 11.9 Å². The van der Waals surface area contributed by atoms with E-state index in [1.54, 1.807) is 13.8 Å². The molecule has 0 unspecified atom stereocenters. The molecule has 8 heteroatoms. The number of aryl methyl sites for hydroxylation is 2. The van der Waals surface area contributed by atoms with Crippen LogP contribution in [0.3, 0.4) is 0 Å². The highest BCUT2D eigenvalue weighted by atomic mass is 32.2. The van der Waals surface area contributed by atoms with E-state index >= 15 is 0 Å². The van der Waals surface area contributed by atoms with E-state index in [9.17, 15) is 13.2 Å². The number of esters is 1. The molecule has 102 valence electrons.